The van der Waals surface area contributed by atoms with Crippen LogP contribution in [0, 0.1) is 6.92 Å². The van der Waals surface area contributed by atoms with Crippen LogP contribution in [0.2, 0.25) is 0 Å². The van der Waals surface area contributed by atoms with Gasteiger partial charge in [0.25, 0.3) is 5.91 Å². The van der Waals surface area contributed by atoms with Crippen molar-refractivity contribution in [1.29, 1.82) is 0 Å². The third kappa shape index (κ3) is 3.70. The number of benzene rings is 1. The van der Waals surface area contributed by atoms with Gasteiger partial charge in [0.1, 0.15) is 0 Å². The van der Waals surface area contributed by atoms with Gasteiger partial charge in [-0.15, -0.1) is 0 Å². The van der Waals surface area contributed by atoms with Crippen LogP contribution in [0.3, 0.4) is 0 Å². The largest absolute Gasteiger partial charge is 0.434 e. The minimum Gasteiger partial charge on any atom is -0.339 e. The molecular weight excluding hydrogens is 331 g/mol. The maximum absolute atomic E-state index is 13.7. The zero-order valence-electron chi connectivity index (χ0n) is 14.0. The highest BCUT2D eigenvalue weighted by molar-refractivity contribution is 5.95. The first-order chi connectivity index (χ1) is 11.9. The van der Waals surface area contributed by atoms with Crippen molar-refractivity contribution in [3.8, 4) is 5.69 Å². The van der Waals surface area contributed by atoms with Crippen molar-refractivity contribution < 1.29 is 18.0 Å². The molecule has 0 spiro atoms. The third-order valence-corrected chi connectivity index (χ3v) is 4.44. The van der Waals surface area contributed by atoms with Crippen molar-refractivity contribution >= 4 is 5.91 Å². The van der Waals surface area contributed by atoms with E-state index in [2.05, 4.69) is 5.10 Å². The Kier molecular flexibility index (Phi) is 4.83. The monoisotopic (exact) mass is 351 g/mol. The Morgan fingerprint density at radius 2 is 1.64 bits per heavy atom. The van der Waals surface area contributed by atoms with Crippen molar-refractivity contribution in [2.45, 2.75) is 38.8 Å². The first kappa shape index (κ1) is 17.5. The molecule has 134 valence electrons. The Balaban J connectivity index is 2.02. The number of halogens is 3. The second kappa shape index (κ2) is 6.90. The van der Waals surface area contributed by atoms with Crippen molar-refractivity contribution in [2.24, 2.45) is 0 Å². The molecule has 1 aromatic carbocycles. The number of carbonyl (C=O) groups excluding carboxylic acids is 1. The van der Waals surface area contributed by atoms with E-state index < -0.39 is 17.8 Å². The van der Waals surface area contributed by atoms with Gasteiger partial charge >= 0.3 is 6.18 Å². The van der Waals surface area contributed by atoms with Crippen LogP contribution in [-0.4, -0.2) is 33.7 Å². The maximum Gasteiger partial charge on any atom is 0.434 e. The molecule has 0 aliphatic carbocycles. The molecule has 1 amide bonds. The number of hydrogen-bond donors (Lipinski definition) is 0. The van der Waals surface area contributed by atoms with Crippen LogP contribution in [0.4, 0.5) is 13.2 Å². The standard InChI is InChI=1S/C18H20F3N3O/c1-13-6-8-14(9-7-13)24-16(18(19,20)21)15(12-22-24)17(25)23-10-4-2-3-5-11-23/h6-9,12H,2-5,10-11H2,1H3. The lowest BCUT2D eigenvalue weighted by Gasteiger charge is -2.21. The van der Waals surface area contributed by atoms with E-state index in [4.69, 9.17) is 0 Å². The van der Waals surface area contributed by atoms with E-state index in [0.29, 0.717) is 13.1 Å². The number of rotatable bonds is 2. The molecule has 1 aliphatic rings. The van der Waals surface area contributed by atoms with Gasteiger partial charge in [0, 0.05) is 13.1 Å². The zero-order valence-corrected chi connectivity index (χ0v) is 14.0. The maximum atomic E-state index is 13.7. The molecule has 4 nitrogen and oxygen atoms in total. The number of likely N-dealkylation sites (tertiary alicyclic amines) is 1. The highest BCUT2D eigenvalue weighted by Crippen LogP contribution is 2.34. The number of carbonyl (C=O) groups is 1. The molecule has 0 atom stereocenters. The normalized spacial score (nSPS) is 15.9. The number of hydrogen-bond acceptors (Lipinski definition) is 2. The molecule has 1 aliphatic heterocycles. The van der Waals surface area contributed by atoms with E-state index in [1.165, 1.54) is 4.90 Å². The van der Waals surface area contributed by atoms with Gasteiger partial charge < -0.3 is 4.90 Å². The van der Waals surface area contributed by atoms with Crippen LogP contribution in [0.5, 0.6) is 0 Å². The summed E-state index contributed by atoms with van der Waals surface area (Å²) < 4.78 is 41.9. The van der Waals surface area contributed by atoms with Crippen LogP contribution in [0.25, 0.3) is 5.69 Å². The third-order valence-electron chi connectivity index (χ3n) is 4.44. The molecule has 1 saturated heterocycles. The van der Waals surface area contributed by atoms with Crippen LogP contribution in [-0.2, 0) is 6.18 Å². The van der Waals surface area contributed by atoms with E-state index in [0.717, 1.165) is 42.1 Å². The van der Waals surface area contributed by atoms with E-state index in [9.17, 15) is 18.0 Å². The lowest BCUT2D eigenvalue weighted by molar-refractivity contribution is -0.143. The van der Waals surface area contributed by atoms with Gasteiger partial charge in [-0.25, -0.2) is 4.68 Å². The second-order valence-corrected chi connectivity index (χ2v) is 6.36. The molecule has 1 fully saturated rings. The van der Waals surface area contributed by atoms with Gasteiger partial charge in [-0.3, -0.25) is 4.79 Å². The minimum atomic E-state index is -4.67. The number of alkyl halides is 3. The Bertz CT molecular complexity index is 742. The number of amides is 1. The Morgan fingerprint density at radius 3 is 2.20 bits per heavy atom. The van der Waals surface area contributed by atoms with Gasteiger partial charge in [0.2, 0.25) is 0 Å². The molecule has 25 heavy (non-hydrogen) atoms. The lowest BCUT2D eigenvalue weighted by Crippen LogP contribution is -2.33. The number of aromatic nitrogens is 2. The van der Waals surface area contributed by atoms with Crippen LogP contribution < -0.4 is 0 Å². The second-order valence-electron chi connectivity index (χ2n) is 6.36. The molecule has 3 rings (SSSR count). The fourth-order valence-electron chi connectivity index (χ4n) is 3.10. The summed E-state index contributed by atoms with van der Waals surface area (Å²) >= 11 is 0. The molecule has 0 saturated carbocycles. The summed E-state index contributed by atoms with van der Waals surface area (Å²) in [6.07, 6.45) is 0.00356. The molecule has 2 aromatic rings. The smallest absolute Gasteiger partial charge is 0.339 e. The summed E-state index contributed by atoms with van der Waals surface area (Å²) in [6.45, 7) is 2.84. The SMILES string of the molecule is Cc1ccc(-n2ncc(C(=O)N3CCCCCC3)c2C(F)(F)F)cc1. The van der Waals surface area contributed by atoms with Gasteiger partial charge in [-0.1, -0.05) is 30.5 Å². The van der Waals surface area contributed by atoms with Gasteiger partial charge in [-0.2, -0.15) is 18.3 Å². The van der Waals surface area contributed by atoms with E-state index >= 15 is 0 Å². The Labute approximate surface area is 144 Å². The highest BCUT2D eigenvalue weighted by Gasteiger charge is 2.41. The lowest BCUT2D eigenvalue weighted by atomic mass is 10.2. The molecule has 7 heteroatoms. The van der Waals surface area contributed by atoms with Gasteiger partial charge in [0.15, 0.2) is 5.69 Å². The summed E-state index contributed by atoms with van der Waals surface area (Å²) in [5, 5.41) is 3.87. The first-order valence-corrected chi connectivity index (χ1v) is 8.39. The fraction of sp³-hybridized carbons (Fsp3) is 0.444. The van der Waals surface area contributed by atoms with Crippen LogP contribution >= 0.6 is 0 Å². The molecule has 1 aromatic heterocycles. The topological polar surface area (TPSA) is 38.1 Å². The summed E-state index contributed by atoms with van der Waals surface area (Å²) in [7, 11) is 0. The summed E-state index contributed by atoms with van der Waals surface area (Å²) in [6, 6.07) is 6.57. The van der Waals surface area contributed by atoms with E-state index in [-0.39, 0.29) is 11.3 Å². The molecule has 0 unspecified atom stereocenters. The van der Waals surface area contributed by atoms with Crippen molar-refractivity contribution in [3.05, 3.63) is 47.3 Å². The zero-order chi connectivity index (χ0) is 18.0. The average molecular weight is 351 g/mol. The number of aryl methyl sites for hydroxylation is 1. The minimum absolute atomic E-state index is 0.285. The summed E-state index contributed by atoms with van der Waals surface area (Å²) in [5.41, 5.74) is -0.168. The molecule has 0 N–H and O–H groups in total. The number of nitrogens with zero attached hydrogens (tertiary/aromatic N) is 3. The van der Waals surface area contributed by atoms with Gasteiger partial charge in [-0.05, 0) is 31.9 Å². The summed E-state index contributed by atoms with van der Waals surface area (Å²) in [5.74, 6) is -0.590. The van der Waals surface area contributed by atoms with Crippen molar-refractivity contribution in [3.63, 3.8) is 0 Å². The van der Waals surface area contributed by atoms with Crippen LogP contribution in [0.1, 0.15) is 47.3 Å². The average Bonchev–Trinajstić information content (AvgIpc) is 2.84. The predicted octanol–water partition coefficient (Wildman–Crippen LogP) is 4.22. The molecule has 0 bridgehead atoms. The van der Waals surface area contributed by atoms with E-state index in [1.807, 2.05) is 6.92 Å². The first-order valence-electron chi connectivity index (χ1n) is 8.39. The fourth-order valence-corrected chi connectivity index (χ4v) is 3.10. The van der Waals surface area contributed by atoms with Crippen molar-refractivity contribution in [2.75, 3.05) is 13.1 Å². The quantitative estimate of drug-likeness (QED) is 0.813. The molecular formula is C18H20F3N3O. The van der Waals surface area contributed by atoms with Gasteiger partial charge in [0.05, 0.1) is 17.4 Å². The highest BCUT2D eigenvalue weighted by atomic mass is 19.4. The summed E-state index contributed by atoms with van der Waals surface area (Å²) in [4.78, 5) is 14.2. The van der Waals surface area contributed by atoms with E-state index in [1.54, 1.807) is 24.3 Å². The molecule has 2 heterocycles. The Hall–Kier alpha value is -2.31. The molecule has 0 radical (unpaired) electrons. The van der Waals surface area contributed by atoms with Crippen molar-refractivity contribution in [1.82, 2.24) is 14.7 Å². The Morgan fingerprint density at radius 1 is 1.04 bits per heavy atom. The predicted molar refractivity (Wildman–Crippen MR) is 87.7 cm³/mol. The van der Waals surface area contributed by atoms with Crippen LogP contribution in [0.15, 0.2) is 30.5 Å².